The third kappa shape index (κ3) is 2.05. The summed E-state index contributed by atoms with van der Waals surface area (Å²) < 4.78 is 0.508. The van der Waals surface area contributed by atoms with E-state index >= 15 is 0 Å². The molecule has 3 rings (SSSR count). The first-order valence-electron chi connectivity index (χ1n) is 5.61. The highest BCUT2D eigenvalue weighted by molar-refractivity contribution is 9.10. The highest BCUT2D eigenvalue weighted by Crippen LogP contribution is 2.38. The van der Waals surface area contributed by atoms with E-state index < -0.39 is 0 Å². The maximum absolute atomic E-state index is 11.8. The van der Waals surface area contributed by atoms with E-state index in [1.54, 1.807) is 0 Å². The van der Waals surface area contributed by atoms with E-state index in [-0.39, 0.29) is 5.56 Å². The molecule has 1 fully saturated rings. The van der Waals surface area contributed by atoms with E-state index in [9.17, 15) is 4.79 Å². The van der Waals surface area contributed by atoms with Gasteiger partial charge >= 0.3 is 0 Å². The summed E-state index contributed by atoms with van der Waals surface area (Å²) in [6, 6.07) is 9.77. The molecule has 0 saturated heterocycles. The van der Waals surface area contributed by atoms with Crippen LogP contribution in [0.25, 0.3) is 11.3 Å². The van der Waals surface area contributed by atoms with Gasteiger partial charge in [0.25, 0.3) is 5.56 Å². The largest absolute Gasteiger partial charge is 0.309 e. The van der Waals surface area contributed by atoms with Gasteiger partial charge in [0.05, 0.1) is 5.69 Å². The Balaban J connectivity index is 2.18. The Hall–Kier alpha value is -1.42. The first-order chi connectivity index (χ1) is 8.25. The van der Waals surface area contributed by atoms with Crippen LogP contribution >= 0.6 is 15.9 Å². The molecule has 1 aliphatic rings. The highest BCUT2D eigenvalue weighted by atomic mass is 79.9. The van der Waals surface area contributed by atoms with Gasteiger partial charge < -0.3 is 4.98 Å². The standard InChI is InChI=1S/C13H11BrN2O/c14-10-11(8-4-2-1-3-5-8)15-12(9-6-7-9)16-13(10)17/h1-5,9H,6-7H2,(H,15,16,17). The number of aromatic nitrogens is 2. The van der Waals surface area contributed by atoms with E-state index in [2.05, 4.69) is 25.9 Å². The zero-order chi connectivity index (χ0) is 11.8. The van der Waals surface area contributed by atoms with Crippen molar-refractivity contribution in [2.45, 2.75) is 18.8 Å². The minimum atomic E-state index is -0.0965. The summed E-state index contributed by atoms with van der Waals surface area (Å²) in [5.41, 5.74) is 1.60. The van der Waals surface area contributed by atoms with Crippen molar-refractivity contribution in [1.29, 1.82) is 0 Å². The van der Waals surface area contributed by atoms with Gasteiger partial charge in [-0.1, -0.05) is 30.3 Å². The molecule has 17 heavy (non-hydrogen) atoms. The highest BCUT2D eigenvalue weighted by Gasteiger charge is 2.27. The molecular weight excluding hydrogens is 280 g/mol. The van der Waals surface area contributed by atoms with Crippen molar-refractivity contribution in [2.75, 3.05) is 0 Å². The third-order valence-corrected chi connectivity index (χ3v) is 3.63. The molecule has 1 N–H and O–H groups in total. The van der Waals surface area contributed by atoms with Crippen molar-refractivity contribution < 1.29 is 0 Å². The Morgan fingerprint density at radius 2 is 1.94 bits per heavy atom. The van der Waals surface area contributed by atoms with Gasteiger partial charge in [0.1, 0.15) is 10.3 Å². The molecule has 1 heterocycles. The molecule has 1 aromatic carbocycles. The molecule has 2 aromatic rings. The Morgan fingerprint density at radius 3 is 2.59 bits per heavy atom. The Bertz CT molecular complexity index is 603. The molecule has 0 spiro atoms. The van der Waals surface area contributed by atoms with Crippen LogP contribution in [-0.4, -0.2) is 9.97 Å². The molecule has 1 aromatic heterocycles. The Kier molecular flexibility index (Phi) is 2.59. The average Bonchev–Trinajstić information content (AvgIpc) is 3.18. The fourth-order valence-corrected chi connectivity index (χ4v) is 2.23. The fourth-order valence-electron chi connectivity index (χ4n) is 1.81. The van der Waals surface area contributed by atoms with Crippen LogP contribution in [0.5, 0.6) is 0 Å². The van der Waals surface area contributed by atoms with Gasteiger partial charge in [-0.2, -0.15) is 0 Å². The maximum Gasteiger partial charge on any atom is 0.265 e. The number of hydrogen-bond acceptors (Lipinski definition) is 2. The van der Waals surface area contributed by atoms with Gasteiger partial charge in [-0.05, 0) is 28.8 Å². The first kappa shape index (κ1) is 10.7. The predicted octanol–water partition coefficient (Wildman–Crippen LogP) is 3.08. The molecule has 4 heteroatoms. The van der Waals surface area contributed by atoms with E-state index in [1.165, 1.54) is 0 Å². The number of halogens is 1. The van der Waals surface area contributed by atoms with Crippen molar-refractivity contribution >= 4 is 15.9 Å². The van der Waals surface area contributed by atoms with Crippen molar-refractivity contribution in [3.63, 3.8) is 0 Å². The summed E-state index contributed by atoms with van der Waals surface area (Å²) in [6.07, 6.45) is 2.25. The summed E-state index contributed by atoms with van der Waals surface area (Å²) in [7, 11) is 0. The lowest BCUT2D eigenvalue weighted by atomic mass is 10.1. The quantitative estimate of drug-likeness (QED) is 0.924. The van der Waals surface area contributed by atoms with Crippen LogP contribution in [0.1, 0.15) is 24.6 Å². The number of rotatable bonds is 2. The van der Waals surface area contributed by atoms with Crippen LogP contribution in [0, 0.1) is 0 Å². The zero-order valence-electron chi connectivity index (χ0n) is 9.11. The molecule has 86 valence electrons. The normalized spacial score (nSPS) is 14.9. The van der Waals surface area contributed by atoms with Crippen molar-refractivity contribution in [3.8, 4) is 11.3 Å². The van der Waals surface area contributed by atoms with Crippen LogP contribution in [0.15, 0.2) is 39.6 Å². The van der Waals surface area contributed by atoms with E-state index in [4.69, 9.17) is 0 Å². The summed E-state index contributed by atoms with van der Waals surface area (Å²) in [6.45, 7) is 0. The van der Waals surface area contributed by atoms with Crippen LogP contribution in [0.4, 0.5) is 0 Å². The second-order valence-electron chi connectivity index (χ2n) is 4.25. The molecule has 0 atom stereocenters. The zero-order valence-corrected chi connectivity index (χ0v) is 10.7. The molecule has 1 saturated carbocycles. The van der Waals surface area contributed by atoms with Crippen LogP contribution in [0.3, 0.4) is 0 Å². The van der Waals surface area contributed by atoms with Gasteiger partial charge in [0.15, 0.2) is 0 Å². The average molecular weight is 291 g/mol. The van der Waals surface area contributed by atoms with Crippen LogP contribution in [-0.2, 0) is 0 Å². The second kappa shape index (κ2) is 4.11. The summed E-state index contributed by atoms with van der Waals surface area (Å²) >= 11 is 3.31. The molecule has 1 aliphatic carbocycles. The Morgan fingerprint density at radius 1 is 1.24 bits per heavy atom. The van der Waals surface area contributed by atoms with E-state index in [0.717, 1.165) is 29.9 Å². The maximum atomic E-state index is 11.8. The van der Waals surface area contributed by atoms with Crippen molar-refractivity contribution in [3.05, 3.63) is 51.0 Å². The van der Waals surface area contributed by atoms with Crippen LogP contribution in [0.2, 0.25) is 0 Å². The minimum absolute atomic E-state index is 0.0965. The molecule has 3 nitrogen and oxygen atoms in total. The monoisotopic (exact) mass is 290 g/mol. The van der Waals surface area contributed by atoms with Crippen molar-refractivity contribution in [1.82, 2.24) is 9.97 Å². The van der Waals surface area contributed by atoms with Gasteiger partial charge in [-0.15, -0.1) is 0 Å². The number of hydrogen-bond donors (Lipinski definition) is 1. The topological polar surface area (TPSA) is 45.8 Å². The SMILES string of the molecule is O=c1[nH]c(C2CC2)nc(-c2ccccc2)c1Br. The summed E-state index contributed by atoms with van der Waals surface area (Å²) in [5.74, 6) is 1.26. The smallest absolute Gasteiger partial charge is 0.265 e. The van der Waals surface area contributed by atoms with Gasteiger partial charge in [0, 0.05) is 11.5 Å². The van der Waals surface area contributed by atoms with Gasteiger partial charge in [-0.25, -0.2) is 4.98 Å². The van der Waals surface area contributed by atoms with Gasteiger partial charge in [0.2, 0.25) is 0 Å². The number of nitrogens with one attached hydrogen (secondary N) is 1. The fraction of sp³-hybridized carbons (Fsp3) is 0.231. The lowest BCUT2D eigenvalue weighted by Gasteiger charge is -2.05. The third-order valence-electron chi connectivity index (χ3n) is 2.89. The number of aromatic amines is 1. The first-order valence-corrected chi connectivity index (χ1v) is 6.40. The molecular formula is C13H11BrN2O. The number of H-pyrrole nitrogens is 1. The number of benzene rings is 1. The summed E-state index contributed by atoms with van der Waals surface area (Å²) in [5, 5.41) is 0. The van der Waals surface area contributed by atoms with Crippen molar-refractivity contribution in [2.24, 2.45) is 0 Å². The molecule has 0 bridgehead atoms. The minimum Gasteiger partial charge on any atom is -0.309 e. The number of nitrogens with zero attached hydrogens (tertiary/aromatic N) is 1. The Labute approximate surface area is 107 Å². The van der Waals surface area contributed by atoms with Crippen LogP contribution < -0.4 is 5.56 Å². The second-order valence-corrected chi connectivity index (χ2v) is 5.05. The lowest BCUT2D eigenvalue weighted by Crippen LogP contribution is -2.13. The predicted molar refractivity (Wildman–Crippen MR) is 70.0 cm³/mol. The lowest BCUT2D eigenvalue weighted by molar-refractivity contribution is 0.906. The molecule has 0 aliphatic heterocycles. The van der Waals surface area contributed by atoms with Gasteiger partial charge in [-0.3, -0.25) is 4.79 Å². The van der Waals surface area contributed by atoms with E-state index in [1.807, 2.05) is 30.3 Å². The molecule has 0 radical (unpaired) electrons. The van der Waals surface area contributed by atoms with E-state index in [0.29, 0.717) is 10.4 Å². The molecule has 0 amide bonds. The summed E-state index contributed by atoms with van der Waals surface area (Å²) in [4.78, 5) is 19.2. The molecule has 0 unspecified atom stereocenters.